The van der Waals surface area contributed by atoms with Crippen LogP contribution in [0.5, 0.6) is 5.75 Å². The third-order valence-corrected chi connectivity index (χ3v) is 11.2. The molecule has 242 valence electrons. The van der Waals surface area contributed by atoms with Crippen LogP contribution in [0.15, 0.2) is 103 Å². The number of allylic oxidation sites excluding steroid dienone is 2. The SMILES string of the molecule is CCCN1C(=O)[C@H]2[C@H](CC=C3[C@H]2C[C@H]2C(=O)N(Nc4ccc(C)cc4)C(=O)[C@@]2(c2ccccc2)[C@H]3c2ccc(O)c3ccccc23)C1=O. The molecule has 4 aromatic rings. The number of carbonyl (C=O) groups is 4. The van der Waals surface area contributed by atoms with E-state index in [0.29, 0.717) is 36.0 Å². The number of likely N-dealkylation sites (tertiary alicyclic amines) is 1. The van der Waals surface area contributed by atoms with Crippen molar-refractivity contribution in [2.45, 2.75) is 44.4 Å². The zero-order valence-corrected chi connectivity index (χ0v) is 26.9. The fourth-order valence-corrected chi connectivity index (χ4v) is 9.16. The van der Waals surface area contributed by atoms with Crippen LogP contribution in [0.25, 0.3) is 10.8 Å². The molecule has 8 rings (SSSR count). The number of rotatable bonds is 6. The van der Waals surface area contributed by atoms with Gasteiger partial charge in [-0.3, -0.25) is 29.5 Å². The minimum absolute atomic E-state index is 0.118. The van der Waals surface area contributed by atoms with Gasteiger partial charge in [0.2, 0.25) is 11.8 Å². The van der Waals surface area contributed by atoms with E-state index in [1.165, 1.54) is 9.91 Å². The first-order valence-corrected chi connectivity index (χ1v) is 16.8. The maximum Gasteiger partial charge on any atom is 0.260 e. The van der Waals surface area contributed by atoms with Gasteiger partial charge in [0, 0.05) is 17.8 Å². The van der Waals surface area contributed by atoms with Crippen molar-refractivity contribution in [2.75, 3.05) is 12.0 Å². The summed E-state index contributed by atoms with van der Waals surface area (Å²) in [6.45, 7) is 4.29. The molecule has 1 saturated carbocycles. The van der Waals surface area contributed by atoms with Crippen molar-refractivity contribution >= 4 is 40.1 Å². The number of hydrogen-bond donors (Lipinski definition) is 2. The van der Waals surface area contributed by atoms with Crippen LogP contribution in [0.1, 0.15) is 48.8 Å². The van der Waals surface area contributed by atoms with Crippen LogP contribution in [-0.4, -0.2) is 45.2 Å². The highest BCUT2D eigenvalue weighted by Crippen LogP contribution is 2.64. The van der Waals surface area contributed by atoms with E-state index < -0.39 is 35.0 Å². The molecule has 0 unspecified atom stereocenters. The fourth-order valence-electron chi connectivity index (χ4n) is 9.16. The Morgan fingerprint density at radius 2 is 1.52 bits per heavy atom. The maximum atomic E-state index is 15.3. The lowest BCUT2D eigenvalue weighted by Crippen LogP contribution is -2.53. The van der Waals surface area contributed by atoms with Gasteiger partial charge in [-0.1, -0.05) is 96.9 Å². The molecule has 2 N–H and O–H groups in total. The Morgan fingerprint density at radius 1 is 0.812 bits per heavy atom. The predicted octanol–water partition coefficient (Wildman–Crippen LogP) is 6.25. The van der Waals surface area contributed by atoms with E-state index in [1.54, 1.807) is 6.07 Å². The number of fused-ring (bicyclic) bond motifs is 5. The Hall–Kier alpha value is -5.24. The maximum absolute atomic E-state index is 15.3. The zero-order valence-electron chi connectivity index (χ0n) is 26.9. The van der Waals surface area contributed by atoms with Crippen molar-refractivity contribution in [3.63, 3.8) is 0 Å². The minimum Gasteiger partial charge on any atom is -0.507 e. The average molecular weight is 640 g/mol. The van der Waals surface area contributed by atoms with Gasteiger partial charge in [-0.25, -0.2) is 0 Å². The van der Waals surface area contributed by atoms with Gasteiger partial charge in [0.1, 0.15) is 5.75 Å². The lowest BCUT2D eigenvalue weighted by molar-refractivity contribution is -0.141. The molecule has 48 heavy (non-hydrogen) atoms. The van der Waals surface area contributed by atoms with Crippen LogP contribution < -0.4 is 5.43 Å². The standard InChI is InChI=1S/C40H37N3O5/c1-3-21-42-36(45)30-18-17-29-31(34(30)38(42)47)22-32-37(46)43(41-25-15-13-23(2)14-16-25)39(48)40(32,24-9-5-4-6-10-24)35(29)28-19-20-33(44)27-12-8-7-11-26(27)28/h4-17,19-20,30-32,34-35,41,44H,3,18,21-22H2,1-2H3/t30-,31+,32-,34-,35-,40+/m0/s1. The van der Waals surface area contributed by atoms with Gasteiger partial charge in [-0.2, -0.15) is 5.01 Å². The molecule has 6 atom stereocenters. The second-order valence-corrected chi connectivity index (χ2v) is 13.6. The number of carbonyl (C=O) groups excluding carboxylic acids is 4. The predicted molar refractivity (Wildman–Crippen MR) is 181 cm³/mol. The number of aryl methyl sites for hydroxylation is 1. The number of aromatic hydroxyl groups is 1. The van der Waals surface area contributed by atoms with Crippen LogP contribution in [0.2, 0.25) is 0 Å². The summed E-state index contributed by atoms with van der Waals surface area (Å²) in [4.78, 5) is 59.2. The van der Waals surface area contributed by atoms with E-state index in [2.05, 4.69) is 11.5 Å². The number of phenolic OH excluding ortho intramolecular Hbond substituents is 1. The zero-order chi connectivity index (χ0) is 33.3. The molecule has 8 heteroatoms. The Morgan fingerprint density at radius 3 is 2.25 bits per heavy atom. The Bertz CT molecular complexity index is 2020. The molecule has 4 aromatic carbocycles. The van der Waals surface area contributed by atoms with Gasteiger partial charge in [-0.05, 0) is 66.8 Å². The fraction of sp³-hybridized carbons (Fsp3) is 0.300. The summed E-state index contributed by atoms with van der Waals surface area (Å²) < 4.78 is 0. The second kappa shape index (κ2) is 11.2. The van der Waals surface area contributed by atoms with E-state index in [-0.39, 0.29) is 35.8 Å². The number of benzene rings is 4. The molecular formula is C40H37N3O5. The van der Waals surface area contributed by atoms with Crippen molar-refractivity contribution < 1.29 is 24.3 Å². The molecule has 0 radical (unpaired) electrons. The van der Waals surface area contributed by atoms with Crippen LogP contribution in [0.4, 0.5) is 5.69 Å². The van der Waals surface area contributed by atoms with Gasteiger partial charge in [0.05, 0.1) is 28.9 Å². The molecular weight excluding hydrogens is 602 g/mol. The quantitative estimate of drug-likeness (QED) is 0.191. The van der Waals surface area contributed by atoms with E-state index >= 15 is 4.79 Å². The van der Waals surface area contributed by atoms with E-state index in [1.807, 2.05) is 98.8 Å². The van der Waals surface area contributed by atoms with Crippen LogP contribution in [0.3, 0.4) is 0 Å². The summed E-state index contributed by atoms with van der Waals surface area (Å²) in [7, 11) is 0. The van der Waals surface area contributed by atoms with Crippen molar-refractivity contribution in [3.05, 3.63) is 119 Å². The molecule has 2 aliphatic heterocycles. The van der Waals surface area contributed by atoms with Crippen molar-refractivity contribution in [1.29, 1.82) is 0 Å². The smallest absolute Gasteiger partial charge is 0.260 e. The summed E-state index contributed by atoms with van der Waals surface area (Å²) in [5.41, 5.74) is 5.87. The second-order valence-electron chi connectivity index (χ2n) is 13.6. The molecule has 0 spiro atoms. The number of nitrogens with zero attached hydrogens (tertiary/aromatic N) is 2. The lowest BCUT2D eigenvalue weighted by atomic mass is 9.49. The number of hydrogen-bond acceptors (Lipinski definition) is 6. The average Bonchev–Trinajstić information content (AvgIpc) is 3.47. The topological polar surface area (TPSA) is 107 Å². The number of amides is 4. The van der Waals surface area contributed by atoms with Gasteiger partial charge in [0.15, 0.2) is 0 Å². The first kappa shape index (κ1) is 30.1. The summed E-state index contributed by atoms with van der Waals surface area (Å²) in [6, 6.07) is 28.1. The summed E-state index contributed by atoms with van der Waals surface area (Å²) in [5, 5.41) is 13.5. The number of hydrazine groups is 1. The molecule has 0 aromatic heterocycles. The highest BCUT2D eigenvalue weighted by atomic mass is 16.3. The van der Waals surface area contributed by atoms with Crippen molar-refractivity contribution in [1.82, 2.24) is 9.91 Å². The van der Waals surface area contributed by atoms with Crippen molar-refractivity contribution in [2.24, 2.45) is 23.7 Å². The summed E-state index contributed by atoms with van der Waals surface area (Å²) >= 11 is 0. The highest BCUT2D eigenvalue weighted by molar-refractivity contribution is 6.13. The van der Waals surface area contributed by atoms with Gasteiger partial charge >= 0.3 is 0 Å². The number of nitrogens with one attached hydrogen (secondary N) is 1. The number of anilines is 1. The monoisotopic (exact) mass is 639 g/mol. The molecule has 2 aliphatic carbocycles. The van der Waals surface area contributed by atoms with Gasteiger partial charge in [-0.15, -0.1) is 0 Å². The Balaban J connectivity index is 1.39. The molecule has 2 heterocycles. The van der Waals surface area contributed by atoms with Crippen LogP contribution in [-0.2, 0) is 24.6 Å². The third-order valence-electron chi connectivity index (χ3n) is 11.2. The number of phenols is 1. The largest absolute Gasteiger partial charge is 0.507 e. The van der Waals surface area contributed by atoms with E-state index in [9.17, 15) is 19.5 Å². The van der Waals surface area contributed by atoms with Crippen LogP contribution in [0, 0.1) is 30.6 Å². The van der Waals surface area contributed by atoms with Gasteiger partial charge < -0.3 is 5.11 Å². The highest BCUT2D eigenvalue weighted by Gasteiger charge is 2.70. The molecule has 4 aliphatic rings. The van der Waals surface area contributed by atoms with E-state index in [0.717, 1.165) is 22.1 Å². The minimum atomic E-state index is -1.36. The van der Waals surface area contributed by atoms with Crippen molar-refractivity contribution in [3.8, 4) is 5.75 Å². The first-order valence-electron chi connectivity index (χ1n) is 16.8. The molecule has 3 fully saturated rings. The van der Waals surface area contributed by atoms with Crippen LogP contribution >= 0.6 is 0 Å². The number of imide groups is 2. The molecule has 2 saturated heterocycles. The molecule has 4 amide bonds. The van der Waals surface area contributed by atoms with E-state index in [4.69, 9.17) is 0 Å². The first-order chi connectivity index (χ1) is 23.3. The molecule has 0 bridgehead atoms. The van der Waals surface area contributed by atoms with Gasteiger partial charge in [0.25, 0.3) is 11.8 Å². The molecule has 8 nitrogen and oxygen atoms in total. The normalized spacial score (nSPS) is 28.0. The Kier molecular flexibility index (Phi) is 7.02. The lowest BCUT2D eigenvalue weighted by Gasteiger charge is -2.51. The summed E-state index contributed by atoms with van der Waals surface area (Å²) in [5.74, 6) is -3.94. The summed E-state index contributed by atoms with van der Waals surface area (Å²) in [6.07, 6.45) is 3.38. The Labute approximate surface area is 279 Å². The third kappa shape index (κ3) is 4.14.